The second-order valence-electron chi connectivity index (χ2n) is 8.43. The number of halogens is 4. The van der Waals surface area contributed by atoms with E-state index < -0.39 is 34.8 Å². The van der Waals surface area contributed by atoms with Crippen molar-refractivity contribution < 1.29 is 26.5 Å². The Balaban J connectivity index is 1.71. The van der Waals surface area contributed by atoms with Crippen LogP contribution in [-0.4, -0.2) is 20.1 Å². The lowest BCUT2D eigenvalue weighted by Gasteiger charge is -2.20. The van der Waals surface area contributed by atoms with Crippen LogP contribution in [0.25, 0.3) is 33.8 Å². The summed E-state index contributed by atoms with van der Waals surface area (Å²) in [6.07, 6.45) is -1.07. The SMILES string of the molecule is Cc1c(-c2cncc(F)c2)oc2c(C(C)Nc3cccnc3-c3noc(=O)[nH]3)cc(C(F)(F)F)cc2c1=O. The van der Waals surface area contributed by atoms with Crippen LogP contribution in [0.15, 0.2) is 67.5 Å². The largest absolute Gasteiger partial charge is 0.455 e. The van der Waals surface area contributed by atoms with Gasteiger partial charge in [-0.3, -0.25) is 24.3 Å². The van der Waals surface area contributed by atoms with E-state index in [0.29, 0.717) is 5.69 Å². The van der Waals surface area contributed by atoms with Crippen LogP contribution in [-0.2, 0) is 6.18 Å². The Morgan fingerprint density at radius 1 is 1.13 bits per heavy atom. The quantitative estimate of drug-likeness (QED) is 0.298. The molecule has 1 atom stereocenters. The summed E-state index contributed by atoms with van der Waals surface area (Å²) in [5.41, 5.74) is -1.24. The van der Waals surface area contributed by atoms with Gasteiger partial charge in [0.2, 0.25) is 5.82 Å². The van der Waals surface area contributed by atoms with Crippen LogP contribution >= 0.6 is 0 Å². The smallest absolute Gasteiger partial charge is 0.439 e. The fourth-order valence-electron chi connectivity index (χ4n) is 4.07. The zero-order chi connectivity index (χ0) is 27.2. The molecule has 0 aliphatic carbocycles. The fourth-order valence-corrected chi connectivity index (χ4v) is 4.07. The average molecular weight is 527 g/mol. The third-order valence-electron chi connectivity index (χ3n) is 5.85. The van der Waals surface area contributed by atoms with Crippen LogP contribution < -0.4 is 16.5 Å². The number of nitrogens with zero attached hydrogens (tertiary/aromatic N) is 3. The molecule has 0 amide bonds. The maximum Gasteiger partial charge on any atom is 0.439 e. The van der Waals surface area contributed by atoms with Gasteiger partial charge in [0, 0.05) is 29.1 Å². The van der Waals surface area contributed by atoms with Crippen molar-refractivity contribution in [1.82, 2.24) is 20.1 Å². The molecule has 0 fully saturated rings. The van der Waals surface area contributed by atoms with Gasteiger partial charge in [-0.2, -0.15) is 13.2 Å². The molecule has 0 radical (unpaired) electrons. The number of anilines is 1. The van der Waals surface area contributed by atoms with Crippen LogP contribution in [0.3, 0.4) is 0 Å². The predicted molar refractivity (Wildman–Crippen MR) is 128 cm³/mol. The Kier molecular flexibility index (Phi) is 6.05. The van der Waals surface area contributed by atoms with Gasteiger partial charge in [-0.05, 0) is 44.2 Å². The van der Waals surface area contributed by atoms with E-state index in [4.69, 9.17) is 4.42 Å². The minimum atomic E-state index is -4.76. The summed E-state index contributed by atoms with van der Waals surface area (Å²) in [4.78, 5) is 35.0. The van der Waals surface area contributed by atoms with Crippen molar-refractivity contribution in [3.8, 4) is 22.8 Å². The lowest BCUT2D eigenvalue weighted by atomic mass is 9.98. The number of fused-ring (bicyclic) bond motifs is 1. The van der Waals surface area contributed by atoms with Gasteiger partial charge >= 0.3 is 11.9 Å². The molecule has 9 nitrogen and oxygen atoms in total. The monoisotopic (exact) mass is 527 g/mol. The molecule has 1 aromatic carbocycles. The highest BCUT2D eigenvalue weighted by Gasteiger charge is 2.33. The number of hydrogen-bond donors (Lipinski definition) is 2. The molecule has 4 heterocycles. The van der Waals surface area contributed by atoms with Gasteiger partial charge in [0.25, 0.3) is 0 Å². The minimum absolute atomic E-state index is 0.000295. The number of hydrogen-bond acceptors (Lipinski definition) is 8. The Morgan fingerprint density at radius 3 is 2.61 bits per heavy atom. The lowest BCUT2D eigenvalue weighted by molar-refractivity contribution is -0.137. The van der Waals surface area contributed by atoms with Crippen molar-refractivity contribution in [2.24, 2.45) is 0 Å². The van der Waals surface area contributed by atoms with E-state index >= 15 is 0 Å². The molecule has 0 saturated carbocycles. The Labute approximate surface area is 210 Å². The molecule has 0 spiro atoms. The second-order valence-corrected chi connectivity index (χ2v) is 8.43. The summed E-state index contributed by atoms with van der Waals surface area (Å²) in [5, 5.41) is 6.36. The summed E-state index contributed by atoms with van der Waals surface area (Å²) in [5.74, 6) is -1.51. The third-order valence-corrected chi connectivity index (χ3v) is 5.85. The van der Waals surface area contributed by atoms with E-state index in [-0.39, 0.29) is 44.9 Å². The molecule has 0 bridgehead atoms. The van der Waals surface area contributed by atoms with E-state index in [0.717, 1.165) is 24.4 Å². The Morgan fingerprint density at radius 2 is 1.92 bits per heavy atom. The first kappa shape index (κ1) is 24.9. The molecular weight excluding hydrogens is 510 g/mol. The van der Waals surface area contributed by atoms with Crippen molar-refractivity contribution in [2.75, 3.05) is 5.32 Å². The average Bonchev–Trinajstić information content (AvgIpc) is 3.31. The number of benzene rings is 1. The zero-order valence-electron chi connectivity index (χ0n) is 19.7. The maximum atomic E-state index is 13.9. The van der Waals surface area contributed by atoms with Gasteiger partial charge in [0.05, 0.1) is 28.9 Å². The van der Waals surface area contributed by atoms with Crippen LogP contribution in [0.4, 0.5) is 23.2 Å². The lowest BCUT2D eigenvalue weighted by Crippen LogP contribution is -2.15. The summed E-state index contributed by atoms with van der Waals surface area (Å²) in [6.45, 7) is 2.94. The molecule has 0 saturated heterocycles. The minimum Gasteiger partial charge on any atom is -0.455 e. The highest BCUT2D eigenvalue weighted by molar-refractivity contribution is 5.85. The molecule has 13 heteroatoms. The van der Waals surface area contributed by atoms with Gasteiger partial charge in [-0.25, -0.2) is 9.18 Å². The van der Waals surface area contributed by atoms with E-state index in [1.807, 2.05) is 0 Å². The summed E-state index contributed by atoms with van der Waals surface area (Å²) in [6, 6.07) is 4.97. The first-order valence-electron chi connectivity index (χ1n) is 11.1. The number of aromatic nitrogens is 4. The van der Waals surface area contributed by atoms with Crippen molar-refractivity contribution in [2.45, 2.75) is 26.1 Å². The van der Waals surface area contributed by atoms with Crippen molar-refractivity contribution >= 4 is 16.7 Å². The number of nitrogens with one attached hydrogen (secondary N) is 2. The number of alkyl halides is 3. The van der Waals surface area contributed by atoms with E-state index in [2.05, 4.69) is 29.9 Å². The molecule has 4 aromatic heterocycles. The van der Waals surface area contributed by atoms with Crippen LogP contribution in [0.5, 0.6) is 0 Å². The third kappa shape index (κ3) is 4.53. The molecule has 194 valence electrons. The van der Waals surface area contributed by atoms with Crippen molar-refractivity contribution in [1.29, 1.82) is 0 Å². The Hall–Kier alpha value is -4.81. The van der Waals surface area contributed by atoms with Crippen LogP contribution in [0, 0.1) is 12.7 Å². The first-order valence-corrected chi connectivity index (χ1v) is 11.1. The Bertz CT molecular complexity index is 1790. The van der Waals surface area contributed by atoms with Gasteiger partial charge in [0.1, 0.15) is 22.9 Å². The van der Waals surface area contributed by atoms with E-state index in [1.54, 1.807) is 19.1 Å². The second kappa shape index (κ2) is 9.25. The molecule has 1 unspecified atom stereocenters. The summed E-state index contributed by atoms with van der Waals surface area (Å²) >= 11 is 0. The molecule has 0 aliphatic rings. The van der Waals surface area contributed by atoms with Gasteiger partial charge in [-0.15, -0.1) is 0 Å². The molecule has 5 rings (SSSR count). The normalized spacial score (nSPS) is 12.6. The zero-order valence-corrected chi connectivity index (χ0v) is 19.7. The van der Waals surface area contributed by atoms with Crippen molar-refractivity contribution in [3.63, 3.8) is 0 Å². The van der Waals surface area contributed by atoms with E-state index in [9.17, 15) is 27.2 Å². The van der Waals surface area contributed by atoms with E-state index in [1.165, 1.54) is 19.3 Å². The number of pyridine rings is 2. The summed E-state index contributed by atoms with van der Waals surface area (Å²) in [7, 11) is 0. The molecule has 5 aromatic rings. The molecule has 38 heavy (non-hydrogen) atoms. The molecule has 2 N–H and O–H groups in total. The number of rotatable bonds is 5. The van der Waals surface area contributed by atoms with Crippen LogP contribution in [0.1, 0.15) is 29.7 Å². The topological polar surface area (TPSA) is 127 Å². The summed E-state index contributed by atoms with van der Waals surface area (Å²) < 4.78 is 65.9. The standard InChI is InChI=1S/C25H17F4N5O4/c1-11-20(35)17-8-14(25(27,28)29)7-16(22(17)37-21(11)13-6-15(26)10-30-9-13)12(2)32-18-4-3-5-31-19(18)23-33-24(36)38-34-23/h3-10,12,32H,1-2H3,(H,33,34,36). The number of aromatic amines is 1. The van der Waals surface area contributed by atoms with Crippen molar-refractivity contribution in [3.05, 3.63) is 92.2 Å². The number of H-pyrrole nitrogens is 1. The van der Waals surface area contributed by atoms with Crippen LogP contribution in [0.2, 0.25) is 0 Å². The maximum absolute atomic E-state index is 13.9. The highest BCUT2D eigenvalue weighted by atomic mass is 19.4. The fraction of sp³-hybridized carbons (Fsp3) is 0.160. The van der Waals surface area contributed by atoms with Gasteiger partial charge in [-0.1, -0.05) is 5.16 Å². The first-order chi connectivity index (χ1) is 18.0. The highest BCUT2D eigenvalue weighted by Crippen LogP contribution is 2.38. The van der Waals surface area contributed by atoms with Gasteiger partial charge in [0.15, 0.2) is 5.43 Å². The predicted octanol–water partition coefficient (Wildman–Crippen LogP) is 5.23. The van der Waals surface area contributed by atoms with Gasteiger partial charge < -0.3 is 9.73 Å². The molecule has 0 aliphatic heterocycles. The molecular formula is C25H17F4N5O4.